The summed E-state index contributed by atoms with van der Waals surface area (Å²) >= 11 is 0. The van der Waals surface area contributed by atoms with Gasteiger partial charge in [-0.05, 0) is 60.7 Å². The Morgan fingerprint density at radius 2 is 0.903 bits per heavy atom. The van der Waals surface area contributed by atoms with Gasteiger partial charge in [0.2, 0.25) is 0 Å². The van der Waals surface area contributed by atoms with Crippen molar-refractivity contribution >= 4 is 28.5 Å². The highest BCUT2D eigenvalue weighted by Gasteiger charge is 2.47. The Morgan fingerprint density at radius 1 is 0.419 bits per heavy atom. The highest BCUT2D eigenvalue weighted by atomic mass is 31.2. The van der Waals surface area contributed by atoms with E-state index in [0.29, 0.717) is 0 Å². The Labute approximate surface area is 184 Å². The number of pyridine rings is 1. The second kappa shape index (κ2) is 8.68. The normalized spacial score (nSPS) is 11.2. The van der Waals surface area contributed by atoms with Gasteiger partial charge < -0.3 is 0 Å². The van der Waals surface area contributed by atoms with E-state index in [2.05, 4.69) is 126 Å². The molecule has 0 atom stereocenters. The van der Waals surface area contributed by atoms with Crippen LogP contribution in [0.2, 0.25) is 0 Å². The van der Waals surface area contributed by atoms with Gasteiger partial charge in [-0.3, -0.25) is 4.98 Å². The summed E-state index contributed by atoms with van der Waals surface area (Å²) in [5.41, 5.74) is 2.14. The van der Waals surface area contributed by atoms with E-state index < -0.39 is 7.26 Å². The molecule has 1 heterocycles. The lowest BCUT2D eigenvalue weighted by atomic mass is 10.1. The van der Waals surface area contributed by atoms with E-state index in [1.54, 1.807) is 0 Å². The first kappa shape index (κ1) is 19.4. The molecule has 1 aromatic heterocycles. The van der Waals surface area contributed by atoms with Crippen molar-refractivity contribution in [3.8, 4) is 11.3 Å². The first-order valence-corrected chi connectivity index (χ1v) is 12.3. The maximum atomic E-state index is 4.60. The van der Waals surface area contributed by atoms with E-state index in [0.717, 1.165) is 11.3 Å². The van der Waals surface area contributed by atoms with Crippen molar-refractivity contribution < 1.29 is 0 Å². The van der Waals surface area contributed by atoms with Gasteiger partial charge in [0.15, 0.2) is 0 Å². The lowest BCUT2D eigenvalue weighted by Gasteiger charge is -2.27. The van der Waals surface area contributed by atoms with Gasteiger partial charge in [-0.15, -0.1) is 0 Å². The fraction of sp³-hybridized carbons (Fsp3) is 0. The van der Waals surface area contributed by atoms with Crippen LogP contribution >= 0.6 is 7.26 Å². The summed E-state index contributed by atoms with van der Waals surface area (Å²) in [6, 6.07) is 47.9. The van der Waals surface area contributed by atoms with Gasteiger partial charge in [-0.25, -0.2) is 0 Å². The zero-order valence-corrected chi connectivity index (χ0v) is 18.1. The molecule has 0 saturated heterocycles. The third-order valence-electron chi connectivity index (χ3n) is 5.62. The predicted octanol–water partition coefficient (Wildman–Crippen LogP) is 5.37. The molecular weight excluding hydrogens is 393 g/mol. The standard InChI is InChI=1S/C29H23NP/c1-4-14-25(15-5-1)31(26-16-6-2-7-17-26,27-18-8-3-9-19-27)28-20-12-13-24(23-28)29-21-10-11-22-30-29/h1-23H/q+1. The Kier molecular flexibility index (Phi) is 5.44. The van der Waals surface area contributed by atoms with E-state index in [-0.39, 0.29) is 0 Å². The zero-order chi connectivity index (χ0) is 20.9. The second-order valence-electron chi connectivity index (χ2n) is 7.44. The first-order chi connectivity index (χ1) is 15.4. The van der Waals surface area contributed by atoms with Gasteiger partial charge in [0.1, 0.15) is 28.5 Å². The predicted molar refractivity (Wildman–Crippen MR) is 134 cm³/mol. The third-order valence-corrected chi connectivity index (χ3v) is 9.90. The van der Waals surface area contributed by atoms with Crippen LogP contribution in [-0.4, -0.2) is 4.98 Å². The minimum Gasteiger partial charge on any atom is -0.256 e. The largest absolute Gasteiger partial charge is 0.256 e. The summed E-state index contributed by atoms with van der Waals surface area (Å²) in [5, 5.41) is 5.39. The van der Waals surface area contributed by atoms with Crippen molar-refractivity contribution in [1.29, 1.82) is 0 Å². The molecule has 31 heavy (non-hydrogen) atoms. The minimum absolute atomic E-state index is 0.997. The number of rotatable bonds is 5. The van der Waals surface area contributed by atoms with Crippen LogP contribution in [0.3, 0.4) is 0 Å². The van der Waals surface area contributed by atoms with Crippen LogP contribution in [0, 0.1) is 0 Å². The molecule has 0 aliphatic heterocycles. The molecule has 148 valence electrons. The molecule has 5 aromatic rings. The van der Waals surface area contributed by atoms with Crippen molar-refractivity contribution in [2.24, 2.45) is 0 Å². The number of nitrogens with zero attached hydrogens (tertiary/aromatic N) is 1. The zero-order valence-electron chi connectivity index (χ0n) is 17.2. The van der Waals surface area contributed by atoms with E-state index in [1.807, 2.05) is 18.3 Å². The number of hydrogen-bond acceptors (Lipinski definition) is 1. The molecule has 0 N–H and O–H groups in total. The Morgan fingerprint density at radius 3 is 1.39 bits per heavy atom. The van der Waals surface area contributed by atoms with Crippen molar-refractivity contribution in [3.05, 3.63) is 140 Å². The average Bonchev–Trinajstić information content (AvgIpc) is 2.87. The van der Waals surface area contributed by atoms with Gasteiger partial charge in [-0.1, -0.05) is 72.8 Å². The summed E-state index contributed by atoms with van der Waals surface area (Å²) in [7, 11) is -2.08. The van der Waals surface area contributed by atoms with E-state index in [4.69, 9.17) is 0 Å². The molecule has 0 fully saturated rings. The number of aromatic nitrogens is 1. The maximum absolute atomic E-state index is 4.60. The molecule has 0 saturated carbocycles. The minimum atomic E-state index is -2.08. The highest BCUT2D eigenvalue weighted by molar-refractivity contribution is 8.01. The van der Waals surface area contributed by atoms with Gasteiger partial charge in [0, 0.05) is 11.8 Å². The molecule has 4 aromatic carbocycles. The molecular formula is C29H23NP+. The lowest BCUT2D eigenvalue weighted by molar-refractivity contribution is 1.33. The molecule has 0 spiro atoms. The third kappa shape index (κ3) is 3.58. The Hall–Kier alpha value is -3.54. The van der Waals surface area contributed by atoms with Crippen LogP contribution in [-0.2, 0) is 0 Å². The summed E-state index contributed by atoms with van der Waals surface area (Å²) in [6.07, 6.45) is 1.86. The summed E-state index contributed by atoms with van der Waals surface area (Å²) in [5.74, 6) is 0. The fourth-order valence-corrected chi connectivity index (χ4v) is 8.55. The van der Waals surface area contributed by atoms with E-state index in [9.17, 15) is 0 Å². The summed E-state index contributed by atoms with van der Waals surface area (Å²) in [6.45, 7) is 0. The quantitative estimate of drug-likeness (QED) is 0.351. The monoisotopic (exact) mass is 416 g/mol. The van der Waals surface area contributed by atoms with Crippen molar-refractivity contribution in [2.75, 3.05) is 0 Å². The van der Waals surface area contributed by atoms with Crippen LogP contribution < -0.4 is 21.2 Å². The van der Waals surface area contributed by atoms with Gasteiger partial charge in [-0.2, -0.15) is 0 Å². The second-order valence-corrected chi connectivity index (χ2v) is 10.9. The van der Waals surface area contributed by atoms with Crippen molar-refractivity contribution in [3.63, 3.8) is 0 Å². The van der Waals surface area contributed by atoms with E-state index >= 15 is 0 Å². The topological polar surface area (TPSA) is 12.9 Å². The molecule has 0 radical (unpaired) electrons. The van der Waals surface area contributed by atoms with Crippen LogP contribution in [0.1, 0.15) is 0 Å². The van der Waals surface area contributed by atoms with E-state index in [1.165, 1.54) is 21.2 Å². The Bertz CT molecular complexity index is 1160. The molecule has 0 amide bonds. The molecule has 0 aliphatic rings. The number of hydrogen-bond donors (Lipinski definition) is 0. The number of benzene rings is 4. The molecule has 0 unspecified atom stereocenters. The lowest BCUT2D eigenvalue weighted by Crippen LogP contribution is -2.38. The Balaban J connectivity index is 1.85. The van der Waals surface area contributed by atoms with Crippen LogP contribution in [0.4, 0.5) is 0 Å². The average molecular weight is 416 g/mol. The van der Waals surface area contributed by atoms with Crippen LogP contribution in [0.15, 0.2) is 140 Å². The summed E-state index contributed by atoms with van der Waals surface area (Å²) in [4.78, 5) is 4.60. The molecule has 2 heteroatoms. The molecule has 1 nitrogen and oxygen atoms in total. The van der Waals surface area contributed by atoms with Gasteiger partial charge in [0.25, 0.3) is 0 Å². The van der Waals surface area contributed by atoms with Gasteiger partial charge >= 0.3 is 0 Å². The van der Waals surface area contributed by atoms with Crippen LogP contribution in [0.5, 0.6) is 0 Å². The molecule has 0 aliphatic carbocycles. The smallest absolute Gasteiger partial charge is 0.144 e. The summed E-state index contributed by atoms with van der Waals surface area (Å²) < 4.78 is 0. The van der Waals surface area contributed by atoms with Gasteiger partial charge in [0.05, 0.1) is 5.69 Å². The molecule has 5 rings (SSSR count). The first-order valence-electron chi connectivity index (χ1n) is 10.5. The van der Waals surface area contributed by atoms with Crippen LogP contribution in [0.25, 0.3) is 11.3 Å². The highest BCUT2D eigenvalue weighted by Crippen LogP contribution is 2.54. The fourth-order valence-electron chi connectivity index (χ4n) is 4.26. The maximum Gasteiger partial charge on any atom is 0.144 e. The van der Waals surface area contributed by atoms with Crippen molar-refractivity contribution in [2.45, 2.75) is 0 Å². The SMILES string of the molecule is c1ccc([P+](c2ccccc2)(c2ccccc2)c2cccc(-c3ccccn3)c2)cc1. The van der Waals surface area contributed by atoms with Crippen molar-refractivity contribution in [1.82, 2.24) is 4.98 Å². The molecule has 0 bridgehead atoms.